The minimum absolute atomic E-state index is 0.0688. The highest BCUT2D eigenvalue weighted by atomic mass is 79.9. The lowest BCUT2D eigenvalue weighted by Gasteiger charge is -2.27. The molecule has 0 saturated carbocycles. The van der Waals surface area contributed by atoms with Crippen LogP contribution in [-0.4, -0.2) is 34.6 Å². The summed E-state index contributed by atoms with van der Waals surface area (Å²) < 4.78 is 0.974. The van der Waals surface area contributed by atoms with Gasteiger partial charge >= 0.3 is 12.0 Å². The molecule has 0 saturated heterocycles. The van der Waals surface area contributed by atoms with Gasteiger partial charge in [-0.15, -0.1) is 0 Å². The number of urea groups is 1. The Morgan fingerprint density at radius 3 is 2.60 bits per heavy atom. The fourth-order valence-electron chi connectivity index (χ4n) is 1.94. The number of halogens is 1. The molecule has 0 fully saturated rings. The molecule has 2 amide bonds. The molecule has 0 radical (unpaired) electrons. The third-order valence-corrected chi connectivity index (χ3v) is 3.90. The number of hydrogen-bond acceptors (Lipinski definition) is 2. The monoisotopic (exact) mass is 342 g/mol. The molecule has 0 aliphatic carbocycles. The topological polar surface area (TPSA) is 69.6 Å². The van der Waals surface area contributed by atoms with Gasteiger partial charge in [0, 0.05) is 22.7 Å². The molecule has 0 aromatic heterocycles. The van der Waals surface area contributed by atoms with Gasteiger partial charge in [0.05, 0.1) is 6.42 Å². The highest BCUT2D eigenvalue weighted by Gasteiger charge is 2.20. The van der Waals surface area contributed by atoms with Gasteiger partial charge in [-0.1, -0.05) is 15.9 Å². The van der Waals surface area contributed by atoms with Gasteiger partial charge in [0.25, 0.3) is 0 Å². The van der Waals surface area contributed by atoms with E-state index in [9.17, 15) is 9.59 Å². The number of nitrogens with one attached hydrogen (secondary N) is 1. The first-order valence-corrected chi connectivity index (χ1v) is 7.20. The van der Waals surface area contributed by atoms with E-state index in [1.807, 2.05) is 26.0 Å². The van der Waals surface area contributed by atoms with Crippen LogP contribution in [-0.2, 0) is 4.79 Å². The fourth-order valence-corrected chi connectivity index (χ4v) is 2.18. The Morgan fingerprint density at radius 1 is 1.45 bits per heavy atom. The predicted octanol–water partition coefficient (Wildman–Crippen LogP) is 3.47. The molecule has 1 aromatic rings. The Balaban J connectivity index is 2.76. The van der Waals surface area contributed by atoms with E-state index in [1.165, 1.54) is 4.90 Å². The molecule has 0 spiro atoms. The summed E-state index contributed by atoms with van der Waals surface area (Å²) in [4.78, 5) is 24.4. The third kappa shape index (κ3) is 4.52. The van der Waals surface area contributed by atoms with Crippen LogP contribution in [0.15, 0.2) is 22.7 Å². The first-order chi connectivity index (χ1) is 9.35. The van der Waals surface area contributed by atoms with E-state index in [2.05, 4.69) is 21.2 Å². The maximum Gasteiger partial charge on any atom is 0.322 e. The normalized spacial score (nSPS) is 11.8. The average Bonchev–Trinajstić information content (AvgIpc) is 2.33. The Morgan fingerprint density at radius 2 is 2.10 bits per heavy atom. The molecule has 0 bridgehead atoms. The molecule has 6 heteroatoms. The number of aliphatic carboxylic acids is 1. The Bertz CT molecular complexity index is 505. The fraction of sp³-hybridized carbons (Fsp3) is 0.429. The van der Waals surface area contributed by atoms with Crippen molar-refractivity contribution < 1.29 is 14.7 Å². The summed E-state index contributed by atoms with van der Waals surface area (Å²) in [5.41, 5.74) is 1.71. The molecule has 5 nitrogen and oxygen atoms in total. The summed E-state index contributed by atoms with van der Waals surface area (Å²) in [7, 11) is 0. The van der Waals surface area contributed by atoms with Gasteiger partial charge in [-0.3, -0.25) is 4.79 Å². The number of carboxylic acids is 1. The maximum absolute atomic E-state index is 12.2. The van der Waals surface area contributed by atoms with Crippen LogP contribution in [0.25, 0.3) is 0 Å². The standard InChI is InChI=1S/C14H19BrN2O3/c1-4-17(10(3)8-13(18)19)14(20)16-11-5-6-12(15)9(2)7-11/h5-7,10H,4,8H2,1-3H3,(H,16,20)(H,18,19). The van der Waals surface area contributed by atoms with Gasteiger partial charge in [-0.05, 0) is 44.5 Å². The predicted molar refractivity (Wildman–Crippen MR) is 82.0 cm³/mol. The summed E-state index contributed by atoms with van der Waals surface area (Å²) in [5.74, 6) is -0.914. The quantitative estimate of drug-likeness (QED) is 0.860. The van der Waals surface area contributed by atoms with Gasteiger partial charge in [0.1, 0.15) is 0 Å². The Hall–Kier alpha value is -1.56. The van der Waals surface area contributed by atoms with Gasteiger partial charge in [-0.25, -0.2) is 4.79 Å². The van der Waals surface area contributed by atoms with E-state index >= 15 is 0 Å². The second-order valence-electron chi connectivity index (χ2n) is 4.63. The lowest BCUT2D eigenvalue weighted by molar-refractivity contribution is -0.137. The number of rotatable bonds is 5. The van der Waals surface area contributed by atoms with Crippen LogP contribution in [0.3, 0.4) is 0 Å². The van der Waals surface area contributed by atoms with Crippen molar-refractivity contribution in [2.24, 2.45) is 0 Å². The molecule has 1 rings (SSSR count). The van der Waals surface area contributed by atoms with E-state index < -0.39 is 5.97 Å². The zero-order valence-electron chi connectivity index (χ0n) is 11.8. The summed E-state index contributed by atoms with van der Waals surface area (Å²) in [6.45, 7) is 5.94. The lowest BCUT2D eigenvalue weighted by atomic mass is 10.2. The van der Waals surface area contributed by atoms with Crippen molar-refractivity contribution in [3.63, 3.8) is 0 Å². The van der Waals surface area contributed by atoms with Crippen molar-refractivity contribution in [1.82, 2.24) is 4.90 Å². The number of carbonyl (C=O) groups excluding carboxylic acids is 1. The van der Waals surface area contributed by atoms with Crippen LogP contribution in [0.4, 0.5) is 10.5 Å². The van der Waals surface area contributed by atoms with Crippen molar-refractivity contribution in [2.45, 2.75) is 33.2 Å². The number of nitrogens with zero attached hydrogens (tertiary/aromatic N) is 1. The molecule has 0 aliphatic heterocycles. The second kappa shape index (κ2) is 7.28. The molecular formula is C14H19BrN2O3. The largest absolute Gasteiger partial charge is 0.481 e. The second-order valence-corrected chi connectivity index (χ2v) is 5.48. The van der Waals surface area contributed by atoms with Crippen molar-refractivity contribution in [3.8, 4) is 0 Å². The van der Waals surface area contributed by atoms with Crippen molar-refractivity contribution in [2.75, 3.05) is 11.9 Å². The van der Waals surface area contributed by atoms with Crippen LogP contribution in [0.5, 0.6) is 0 Å². The molecule has 20 heavy (non-hydrogen) atoms. The summed E-state index contributed by atoms with van der Waals surface area (Å²) >= 11 is 3.40. The summed E-state index contributed by atoms with van der Waals surface area (Å²) in [5, 5.41) is 11.6. The Kier molecular flexibility index (Phi) is 6.01. The number of carbonyl (C=O) groups is 2. The highest BCUT2D eigenvalue weighted by molar-refractivity contribution is 9.10. The summed E-state index contributed by atoms with van der Waals surface area (Å²) in [6.07, 6.45) is -0.0688. The first kappa shape index (κ1) is 16.5. The molecule has 1 aromatic carbocycles. The van der Waals surface area contributed by atoms with Crippen LogP contribution in [0.2, 0.25) is 0 Å². The number of aryl methyl sites for hydroxylation is 1. The van der Waals surface area contributed by atoms with Crippen LogP contribution in [0, 0.1) is 6.92 Å². The molecule has 2 N–H and O–H groups in total. The van der Waals surface area contributed by atoms with Crippen LogP contribution in [0.1, 0.15) is 25.8 Å². The molecule has 1 atom stereocenters. The number of anilines is 1. The highest BCUT2D eigenvalue weighted by Crippen LogP contribution is 2.20. The van der Waals surface area contributed by atoms with Crippen molar-refractivity contribution >= 4 is 33.6 Å². The van der Waals surface area contributed by atoms with Crippen molar-refractivity contribution in [3.05, 3.63) is 28.2 Å². The van der Waals surface area contributed by atoms with E-state index in [0.29, 0.717) is 12.2 Å². The molecular weight excluding hydrogens is 324 g/mol. The van der Waals surface area contributed by atoms with Gasteiger partial charge in [0.15, 0.2) is 0 Å². The maximum atomic E-state index is 12.2. The van der Waals surface area contributed by atoms with E-state index in [4.69, 9.17) is 5.11 Å². The van der Waals surface area contributed by atoms with Gasteiger partial charge in [-0.2, -0.15) is 0 Å². The molecule has 0 aliphatic rings. The number of amides is 2. The molecule has 0 heterocycles. The third-order valence-electron chi connectivity index (χ3n) is 3.01. The van der Waals surface area contributed by atoms with Gasteiger partial charge in [0.2, 0.25) is 0 Å². The summed E-state index contributed by atoms with van der Waals surface area (Å²) in [6, 6.07) is 4.88. The minimum atomic E-state index is -0.914. The zero-order chi connectivity index (χ0) is 15.3. The number of hydrogen-bond donors (Lipinski definition) is 2. The van der Waals surface area contributed by atoms with Crippen LogP contribution < -0.4 is 5.32 Å². The minimum Gasteiger partial charge on any atom is -0.481 e. The Labute approximate surface area is 127 Å². The lowest BCUT2D eigenvalue weighted by Crippen LogP contribution is -2.42. The average molecular weight is 343 g/mol. The smallest absolute Gasteiger partial charge is 0.322 e. The van der Waals surface area contributed by atoms with Gasteiger partial charge < -0.3 is 15.3 Å². The SMILES string of the molecule is CCN(C(=O)Nc1ccc(Br)c(C)c1)C(C)CC(=O)O. The van der Waals surface area contributed by atoms with Crippen LogP contribution >= 0.6 is 15.9 Å². The van der Waals surface area contributed by atoms with Crippen molar-refractivity contribution in [1.29, 1.82) is 0 Å². The van der Waals surface area contributed by atoms with E-state index in [-0.39, 0.29) is 18.5 Å². The molecule has 1 unspecified atom stereocenters. The number of carboxylic acid groups (broad SMARTS) is 1. The van der Waals surface area contributed by atoms with E-state index in [0.717, 1.165) is 10.0 Å². The zero-order valence-corrected chi connectivity index (χ0v) is 13.4. The van der Waals surface area contributed by atoms with E-state index in [1.54, 1.807) is 13.0 Å². The molecule has 110 valence electrons. The first-order valence-electron chi connectivity index (χ1n) is 6.40. The number of benzene rings is 1.